The summed E-state index contributed by atoms with van der Waals surface area (Å²) in [5, 5.41) is 12.7. The molecule has 69 heavy (non-hydrogen) atoms. The fraction of sp³-hybridized carbons (Fsp3) is 0. The van der Waals surface area contributed by atoms with Gasteiger partial charge in [0.05, 0.1) is 11.0 Å². The fourth-order valence-corrected chi connectivity index (χ4v) is 12.0. The number of aromatic nitrogens is 1. The molecule has 2 nitrogen and oxygen atoms in total. The molecule has 0 fully saturated rings. The van der Waals surface area contributed by atoms with Crippen LogP contribution in [-0.4, -0.2) is 4.57 Å². The van der Waals surface area contributed by atoms with E-state index in [1.54, 1.807) is 0 Å². The molecule has 0 radical (unpaired) electrons. The minimum atomic E-state index is 1.09. The fourth-order valence-electron chi connectivity index (χ4n) is 10.9. The number of anilines is 3. The number of para-hydroxylation sites is 1. The molecule has 12 aromatic carbocycles. The van der Waals surface area contributed by atoms with E-state index in [2.05, 4.69) is 264 Å². The van der Waals surface area contributed by atoms with Crippen LogP contribution in [-0.2, 0) is 0 Å². The van der Waals surface area contributed by atoms with Crippen molar-refractivity contribution in [1.82, 2.24) is 4.57 Å². The molecule has 0 saturated carbocycles. The van der Waals surface area contributed by atoms with E-state index in [-0.39, 0.29) is 0 Å². The van der Waals surface area contributed by atoms with Gasteiger partial charge in [-0.05, 0) is 133 Å². The van der Waals surface area contributed by atoms with E-state index in [9.17, 15) is 0 Å². The van der Waals surface area contributed by atoms with Gasteiger partial charge in [0.25, 0.3) is 0 Å². The van der Waals surface area contributed by atoms with Crippen LogP contribution in [0.15, 0.2) is 255 Å². The number of nitrogens with zero attached hydrogens (tertiary/aromatic N) is 2. The lowest BCUT2D eigenvalue weighted by Gasteiger charge is -2.26. The first-order valence-electron chi connectivity index (χ1n) is 23.6. The maximum absolute atomic E-state index is 2.45. The van der Waals surface area contributed by atoms with Crippen LogP contribution < -0.4 is 4.90 Å². The Hall–Kier alpha value is -8.76. The van der Waals surface area contributed by atoms with Crippen LogP contribution in [0.5, 0.6) is 0 Å². The summed E-state index contributed by atoms with van der Waals surface area (Å²) in [6.45, 7) is 0. The summed E-state index contributed by atoms with van der Waals surface area (Å²) in [6, 6.07) is 93.7. The second kappa shape index (κ2) is 16.0. The van der Waals surface area contributed by atoms with Gasteiger partial charge in [-0.25, -0.2) is 0 Å². The van der Waals surface area contributed by atoms with E-state index in [0.717, 1.165) is 22.7 Å². The van der Waals surface area contributed by atoms with E-state index < -0.39 is 0 Å². The summed E-state index contributed by atoms with van der Waals surface area (Å²) in [5.74, 6) is 0. The lowest BCUT2D eigenvalue weighted by atomic mass is 9.97. The standard InChI is InChI=1S/C66H42N2S/c1-2-13-51(14-3-1)68-62-42-49(31-39-59(62)60-40-29-46-12-5-7-16-58(46)66(60)68)44-25-34-53(35-26-44)67(54-36-27-47(28-37-54)57-18-10-20-64-65(57)61-17-8-9-19-63(61)69-64)52-32-23-43(24-33-52)48-30-38-56-50(41-48)22-21-45-11-4-6-15-55(45)56/h1-42H. The summed E-state index contributed by atoms with van der Waals surface area (Å²) in [4.78, 5) is 2.38. The molecule has 322 valence electrons. The topological polar surface area (TPSA) is 8.17 Å². The summed E-state index contributed by atoms with van der Waals surface area (Å²) in [6.07, 6.45) is 0. The first-order chi connectivity index (χ1) is 34.2. The lowest BCUT2D eigenvalue weighted by molar-refractivity contribution is 1.19. The number of hydrogen-bond acceptors (Lipinski definition) is 2. The highest BCUT2D eigenvalue weighted by Crippen LogP contribution is 2.43. The Morgan fingerprint density at radius 1 is 0.304 bits per heavy atom. The van der Waals surface area contributed by atoms with Crippen LogP contribution in [0.3, 0.4) is 0 Å². The van der Waals surface area contributed by atoms with Gasteiger partial charge in [0.15, 0.2) is 0 Å². The Morgan fingerprint density at radius 3 is 1.54 bits per heavy atom. The average Bonchev–Trinajstić information content (AvgIpc) is 3.98. The molecule has 3 heteroatoms. The summed E-state index contributed by atoms with van der Waals surface area (Å²) >= 11 is 1.86. The number of hydrogen-bond donors (Lipinski definition) is 0. The highest BCUT2D eigenvalue weighted by molar-refractivity contribution is 7.25. The van der Waals surface area contributed by atoms with E-state index in [0.29, 0.717) is 0 Å². The van der Waals surface area contributed by atoms with Gasteiger partial charge in [0, 0.05) is 59.1 Å². The Balaban J connectivity index is 0.867. The highest BCUT2D eigenvalue weighted by atomic mass is 32.1. The quantitative estimate of drug-likeness (QED) is 0.145. The minimum absolute atomic E-state index is 1.09. The van der Waals surface area contributed by atoms with Crippen molar-refractivity contribution in [3.05, 3.63) is 255 Å². The molecule has 0 bridgehead atoms. The van der Waals surface area contributed by atoms with Crippen molar-refractivity contribution < 1.29 is 0 Å². The predicted molar refractivity (Wildman–Crippen MR) is 297 cm³/mol. The van der Waals surface area contributed by atoms with Gasteiger partial charge in [-0.1, -0.05) is 182 Å². The third kappa shape index (κ3) is 6.54. The highest BCUT2D eigenvalue weighted by Gasteiger charge is 2.19. The number of rotatable bonds is 7. The van der Waals surface area contributed by atoms with Crippen molar-refractivity contribution in [2.75, 3.05) is 4.90 Å². The first kappa shape index (κ1) is 39.4. The van der Waals surface area contributed by atoms with E-state index in [1.807, 2.05) is 11.3 Å². The number of fused-ring (bicyclic) bond motifs is 11. The van der Waals surface area contributed by atoms with Crippen molar-refractivity contribution >= 4 is 103 Å². The third-order valence-corrected chi connectivity index (χ3v) is 15.3. The molecule has 0 N–H and O–H groups in total. The minimum Gasteiger partial charge on any atom is -0.311 e. The van der Waals surface area contributed by atoms with Crippen LogP contribution in [0.4, 0.5) is 17.1 Å². The van der Waals surface area contributed by atoms with Gasteiger partial charge in [-0.15, -0.1) is 11.3 Å². The lowest BCUT2D eigenvalue weighted by Crippen LogP contribution is -2.09. The molecule has 2 heterocycles. The average molecular weight is 895 g/mol. The molecule has 0 saturated heterocycles. The zero-order valence-electron chi connectivity index (χ0n) is 37.6. The Labute approximate surface area is 403 Å². The van der Waals surface area contributed by atoms with Gasteiger partial charge in [-0.3, -0.25) is 0 Å². The molecule has 0 amide bonds. The zero-order valence-corrected chi connectivity index (χ0v) is 38.4. The van der Waals surface area contributed by atoms with Crippen molar-refractivity contribution in [3.8, 4) is 39.1 Å². The van der Waals surface area contributed by atoms with E-state index in [4.69, 9.17) is 0 Å². The second-order valence-electron chi connectivity index (χ2n) is 18.1. The van der Waals surface area contributed by atoms with Gasteiger partial charge in [0.2, 0.25) is 0 Å². The summed E-state index contributed by atoms with van der Waals surface area (Å²) in [7, 11) is 0. The van der Waals surface area contributed by atoms with Crippen LogP contribution in [0.25, 0.3) is 113 Å². The van der Waals surface area contributed by atoms with Gasteiger partial charge < -0.3 is 9.47 Å². The maximum atomic E-state index is 2.45. The van der Waals surface area contributed by atoms with Crippen LogP contribution in [0.1, 0.15) is 0 Å². The molecule has 0 aliphatic rings. The molecule has 14 aromatic rings. The van der Waals surface area contributed by atoms with Crippen molar-refractivity contribution in [1.29, 1.82) is 0 Å². The van der Waals surface area contributed by atoms with Crippen molar-refractivity contribution in [2.24, 2.45) is 0 Å². The molecule has 0 aliphatic heterocycles. The Morgan fingerprint density at radius 2 is 0.812 bits per heavy atom. The largest absolute Gasteiger partial charge is 0.311 e. The van der Waals surface area contributed by atoms with Gasteiger partial charge in [0.1, 0.15) is 0 Å². The first-order valence-corrected chi connectivity index (χ1v) is 24.5. The Kier molecular flexibility index (Phi) is 9.11. The molecular weight excluding hydrogens is 853 g/mol. The smallest absolute Gasteiger partial charge is 0.0619 e. The third-order valence-electron chi connectivity index (χ3n) is 14.2. The zero-order chi connectivity index (χ0) is 45.4. The molecule has 0 aliphatic carbocycles. The van der Waals surface area contributed by atoms with Crippen LogP contribution >= 0.6 is 11.3 Å². The molecule has 0 unspecified atom stereocenters. The molecule has 0 spiro atoms. The Bertz CT molecular complexity index is 4280. The molecule has 2 aromatic heterocycles. The number of benzene rings is 12. The molecule has 14 rings (SSSR count). The van der Waals surface area contributed by atoms with Crippen LogP contribution in [0, 0.1) is 0 Å². The second-order valence-corrected chi connectivity index (χ2v) is 19.1. The number of thiophene rings is 1. The molecule has 0 atom stereocenters. The summed E-state index contributed by atoms with van der Waals surface area (Å²) < 4.78 is 5.08. The maximum Gasteiger partial charge on any atom is 0.0619 e. The van der Waals surface area contributed by atoms with Gasteiger partial charge in [-0.2, -0.15) is 0 Å². The molecular formula is C66H42N2S. The van der Waals surface area contributed by atoms with Crippen LogP contribution in [0.2, 0.25) is 0 Å². The van der Waals surface area contributed by atoms with E-state index in [1.165, 1.54) is 108 Å². The van der Waals surface area contributed by atoms with E-state index >= 15 is 0 Å². The van der Waals surface area contributed by atoms with Crippen molar-refractivity contribution in [2.45, 2.75) is 0 Å². The predicted octanol–water partition coefficient (Wildman–Crippen LogP) is 19.1. The summed E-state index contributed by atoms with van der Waals surface area (Å²) in [5.41, 5.74) is 14.1. The van der Waals surface area contributed by atoms with Crippen molar-refractivity contribution in [3.63, 3.8) is 0 Å². The normalized spacial score (nSPS) is 11.8. The monoisotopic (exact) mass is 894 g/mol. The SMILES string of the molecule is c1ccc(-n2c3cc(-c4ccc(N(c5ccc(-c6ccc7c(ccc8ccccc87)c6)cc5)c5ccc(-c6cccc7sc8ccccc8c67)cc5)cc4)ccc3c3ccc4ccccc4c32)cc1. The van der Waals surface area contributed by atoms with Gasteiger partial charge >= 0.3 is 0 Å².